The molecular formula is C31H30FN3O2. The van der Waals surface area contributed by atoms with E-state index in [1.165, 1.54) is 12.1 Å². The molecule has 2 heterocycles. The van der Waals surface area contributed by atoms with Crippen LogP contribution in [0.2, 0.25) is 0 Å². The minimum atomic E-state index is -0.467. The van der Waals surface area contributed by atoms with Gasteiger partial charge in [0.05, 0.1) is 17.1 Å². The molecular weight excluding hydrogens is 465 g/mol. The first-order valence-corrected chi connectivity index (χ1v) is 12.6. The molecule has 0 N–H and O–H groups in total. The zero-order chi connectivity index (χ0) is 26.1. The van der Waals surface area contributed by atoms with Gasteiger partial charge in [-0.2, -0.15) is 0 Å². The average molecular weight is 496 g/mol. The van der Waals surface area contributed by atoms with Crippen LogP contribution in [-0.2, 0) is 11.2 Å². The Bertz CT molecular complexity index is 1420. The standard InChI is InChI=1S/C31H30FN3O2/c1-4-22-11-13-24(14-12-22)31(37)34(21(2)3)20-29(36)35-27-9-6-5-8-26(27)33-19-7-10-28(33)30(35)23-15-17-25(32)18-16-23/h5-19,21,30H,4,20H2,1-3H3. The number of aromatic nitrogens is 1. The third kappa shape index (κ3) is 4.55. The van der Waals surface area contributed by atoms with Gasteiger partial charge in [-0.05, 0) is 79.9 Å². The van der Waals surface area contributed by atoms with Crippen LogP contribution in [-0.4, -0.2) is 33.9 Å². The highest BCUT2D eigenvalue weighted by molar-refractivity contribution is 6.02. The Labute approximate surface area is 216 Å². The molecule has 0 radical (unpaired) electrons. The summed E-state index contributed by atoms with van der Waals surface area (Å²) in [6.45, 7) is 5.82. The number of hydrogen-bond acceptors (Lipinski definition) is 2. The first-order chi connectivity index (χ1) is 17.9. The van der Waals surface area contributed by atoms with Crippen molar-refractivity contribution in [2.45, 2.75) is 39.3 Å². The smallest absolute Gasteiger partial charge is 0.254 e. The van der Waals surface area contributed by atoms with Gasteiger partial charge in [0.15, 0.2) is 0 Å². The van der Waals surface area contributed by atoms with Gasteiger partial charge in [-0.3, -0.25) is 14.5 Å². The normalized spacial score (nSPS) is 14.3. The molecule has 1 aliphatic heterocycles. The number of rotatable bonds is 6. The third-order valence-electron chi connectivity index (χ3n) is 6.97. The van der Waals surface area contributed by atoms with E-state index in [1.807, 2.05) is 80.7 Å². The average Bonchev–Trinajstić information content (AvgIpc) is 3.41. The second-order valence-corrected chi connectivity index (χ2v) is 9.59. The first-order valence-electron chi connectivity index (χ1n) is 12.6. The van der Waals surface area contributed by atoms with Crippen molar-refractivity contribution in [3.05, 3.63) is 119 Å². The summed E-state index contributed by atoms with van der Waals surface area (Å²) in [4.78, 5) is 31.0. The fraction of sp³-hybridized carbons (Fsp3) is 0.226. The molecule has 0 saturated carbocycles. The fourth-order valence-electron chi connectivity index (χ4n) is 4.98. The van der Waals surface area contributed by atoms with Crippen LogP contribution in [0.3, 0.4) is 0 Å². The van der Waals surface area contributed by atoms with E-state index in [-0.39, 0.29) is 30.2 Å². The van der Waals surface area contributed by atoms with Gasteiger partial charge in [0.25, 0.3) is 5.91 Å². The molecule has 5 rings (SSSR count). The number of nitrogens with zero attached hydrogens (tertiary/aromatic N) is 3. The molecule has 1 aromatic heterocycles. The molecule has 3 aromatic carbocycles. The Hall–Kier alpha value is -4.19. The monoisotopic (exact) mass is 495 g/mol. The minimum absolute atomic E-state index is 0.0846. The summed E-state index contributed by atoms with van der Waals surface area (Å²) in [6.07, 6.45) is 2.86. The van der Waals surface area contributed by atoms with Gasteiger partial charge >= 0.3 is 0 Å². The van der Waals surface area contributed by atoms with Crippen molar-refractivity contribution in [1.29, 1.82) is 0 Å². The molecule has 4 aromatic rings. The Morgan fingerprint density at radius 2 is 1.57 bits per heavy atom. The predicted molar refractivity (Wildman–Crippen MR) is 143 cm³/mol. The largest absolute Gasteiger partial charge is 0.327 e. The first kappa shape index (κ1) is 24.5. The highest BCUT2D eigenvalue weighted by Crippen LogP contribution is 2.42. The predicted octanol–water partition coefficient (Wildman–Crippen LogP) is 6.17. The SMILES string of the molecule is CCc1ccc(C(=O)N(CC(=O)N2c3ccccc3-n3cccc3C2c2ccc(F)cc2)C(C)C)cc1. The Balaban J connectivity index is 1.54. The summed E-state index contributed by atoms with van der Waals surface area (Å²) in [6, 6.07) is 24.8. The van der Waals surface area contributed by atoms with Crippen molar-refractivity contribution >= 4 is 17.5 Å². The number of aryl methyl sites for hydroxylation is 1. The molecule has 0 spiro atoms. The van der Waals surface area contributed by atoms with E-state index in [9.17, 15) is 14.0 Å². The van der Waals surface area contributed by atoms with Crippen LogP contribution in [0.15, 0.2) is 91.1 Å². The fourth-order valence-corrected chi connectivity index (χ4v) is 4.98. The lowest BCUT2D eigenvalue weighted by atomic mass is 9.97. The van der Waals surface area contributed by atoms with Gasteiger partial charge in [0, 0.05) is 17.8 Å². The van der Waals surface area contributed by atoms with Crippen molar-refractivity contribution < 1.29 is 14.0 Å². The van der Waals surface area contributed by atoms with Gasteiger partial charge in [-0.25, -0.2) is 4.39 Å². The second kappa shape index (κ2) is 10.1. The molecule has 0 bridgehead atoms. The lowest BCUT2D eigenvalue weighted by Crippen LogP contribution is -2.48. The molecule has 6 heteroatoms. The van der Waals surface area contributed by atoms with Gasteiger partial charge in [0.1, 0.15) is 18.4 Å². The Morgan fingerprint density at radius 3 is 2.22 bits per heavy atom. The molecule has 0 aliphatic carbocycles. The summed E-state index contributed by atoms with van der Waals surface area (Å²) in [5.74, 6) is -0.724. The number of anilines is 1. The van der Waals surface area contributed by atoms with E-state index >= 15 is 0 Å². The van der Waals surface area contributed by atoms with Crippen LogP contribution in [0.1, 0.15) is 54.0 Å². The molecule has 188 valence electrons. The number of carbonyl (C=O) groups excluding carboxylic acids is 2. The van der Waals surface area contributed by atoms with Crippen LogP contribution in [0.4, 0.5) is 10.1 Å². The summed E-state index contributed by atoms with van der Waals surface area (Å²) < 4.78 is 15.9. The molecule has 1 atom stereocenters. The van der Waals surface area contributed by atoms with E-state index < -0.39 is 6.04 Å². The van der Waals surface area contributed by atoms with Gasteiger partial charge in [-0.1, -0.05) is 43.3 Å². The van der Waals surface area contributed by atoms with Gasteiger partial charge in [-0.15, -0.1) is 0 Å². The molecule has 1 aliphatic rings. The van der Waals surface area contributed by atoms with Crippen molar-refractivity contribution in [3.8, 4) is 5.69 Å². The van der Waals surface area contributed by atoms with E-state index in [2.05, 4.69) is 11.5 Å². The highest BCUT2D eigenvalue weighted by Gasteiger charge is 2.37. The summed E-state index contributed by atoms with van der Waals surface area (Å²) >= 11 is 0. The van der Waals surface area contributed by atoms with Crippen LogP contribution >= 0.6 is 0 Å². The van der Waals surface area contributed by atoms with Crippen molar-refractivity contribution in [2.75, 3.05) is 11.4 Å². The van der Waals surface area contributed by atoms with E-state index in [0.717, 1.165) is 34.6 Å². The van der Waals surface area contributed by atoms with Gasteiger partial charge < -0.3 is 9.47 Å². The number of halogens is 1. The maximum absolute atomic E-state index is 14.1. The third-order valence-corrected chi connectivity index (χ3v) is 6.97. The molecule has 0 saturated heterocycles. The Morgan fingerprint density at radius 1 is 0.892 bits per heavy atom. The lowest BCUT2D eigenvalue weighted by molar-refractivity contribution is -0.120. The zero-order valence-corrected chi connectivity index (χ0v) is 21.3. The summed E-state index contributed by atoms with van der Waals surface area (Å²) in [7, 11) is 0. The number of hydrogen-bond donors (Lipinski definition) is 0. The lowest BCUT2D eigenvalue weighted by Gasteiger charge is -2.40. The number of para-hydroxylation sites is 2. The van der Waals surface area contributed by atoms with E-state index in [1.54, 1.807) is 21.9 Å². The topological polar surface area (TPSA) is 45.6 Å². The quantitative estimate of drug-likeness (QED) is 0.321. The Kier molecular flexibility index (Phi) is 6.66. The van der Waals surface area contributed by atoms with E-state index in [4.69, 9.17) is 0 Å². The number of fused-ring (bicyclic) bond motifs is 3. The molecule has 2 amide bonds. The molecule has 1 unspecified atom stereocenters. The molecule has 0 fully saturated rings. The van der Waals surface area contributed by atoms with Crippen LogP contribution in [0.5, 0.6) is 0 Å². The maximum Gasteiger partial charge on any atom is 0.254 e. The van der Waals surface area contributed by atoms with Crippen LogP contribution in [0.25, 0.3) is 5.69 Å². The number of benzene rings is 3. The zero-order valence-electron chi connectivity index (χ0n) is 21.3. The molecule has 37 heavy (non-hydrogen) atoms. The maximum atomic E-state index is 14.1. The van der Waals surface area contributed by atoms with Crippen LogP contribution in [0, 0.1) is 5.82 Å². The molecule has 5 nitrogen and oxygen atoms in total. The second-order valence-electron chi connectivity index (χ2n) is 9.59. The summed E-state index contributed by atoms with van der Waals surface area (Å²) in [5, 5.41) is 0. The minimum Gasteiger partial charge on any atom is -0.327 e. The van der Waals surface area contributed by atoms with Gasteiger partial charge in [0.2, 0.25) is 5.91 Å². The highest BCUT2D eigenvalue weighted by atomic mass is 19.1. The van der Waals surface area contributed by atoms with Crippen molar-refractivity contribution in [1.82, 2.24) is 9.47 Å². The number of amides is 2. The van der Waals surface area contributed by atoms with E-state index in [0.29, 0.717) is 5.56 Å². The van der Waals surface area contributed by atoms with Crippen molar-refractivity contribution in [3.63, 3.8) is 0 Å². The summed E-state index contributed by atoms with van der Waals surface area (Å²) in [5.41, 5.74) is 5.03. The van der Waals surface area contributed by atoms with Crippen LogP contribution < -0.4 is 4.90 Å². The van der Waals surface area contributed by atoms with Crippen molar-refractivity contribution in [2.24, 2.45) is 0 Å². The number of carbonyl (C=O) groups is 2.